The lowest BCUT2D eigenvalue weighted by atomic mass is 9.98. The van der Waals surface area contributed by atoms with E-state index in [2.05, 4.69) is 10.2 Å². The zero-order valence-electron chi connectivity index (χ0n) is 13.8. The van der Waals surface area contributed by atoms with E-state index in [4.69, 9.17) is 28.9 Å². The molecule has 1 aliphatic rings. The normalized spacial score (nSPS) is 14.3. The van der Waals surface area contributed by atoms with Gasteiger partial charge in [0.25, 0.3) is 0 Å². The van der Waals surface area contributed by atoms with E-state index in [0.29, 0.717) is 15.7 Å². The van der Waals surface area contributed by atoms with Crippen molar-refractivity contribution >= 4 is 58.6 Å². The molecular formula is C18H20Cl3N3O. The van der Waals surface area contributed by atoms with Crippen LogP contribution in [0.5, 0.6) is 0 Å². The molecule has 25 heavy (non-hydrogen) atoms. The van der Waals surface area contributed by atoms with Crippen molar-refractivity contribution in [2.75, 3.05) is 22.5 Å². The Kier molecular flexibility index (Phi) is 6.44. The number of halogens is 3. The molecule has 0 saturated heterocycles. The molecule has 0 saturated carbocycles. The minimum atomic E-state index is -0.346. The summed E-state index contributed by atoms with van der Waals surface area (Å²) in [4.78, 5) is 14.8. The lowest BCUT2D eigenvalue weighted by Gasteiger charge is -2.36. The number of carbonyl (C=O) groups is 1. The minimum absolute atomic E-state index is 0. The summed E-state index contributed by atoms with van der Waals surface area (Å²) in [5.74, 6) is -0.130. The van der Waals surface area contributed by atoms with E-state index >= 15 is 0 Å². The SMILES string of the molecule is CC(C(=O)Nc1cc(Cl)ccc1Cl)N1CCCc2c(N)cccc21.Cl. The summed E-state index contributed by atoms with van der Waals surface area (Å²) in [6.07, 6.45) is 1.91. The highest BCUT2D eigenvalue weighted by Gasteiger charge is 2.27. The van der Waals surface area contributed by atoms with Crippen molar-refractivity contribution < 1.29 is 4.79 Å². The summed E-state index contributed by atoms with van der Waals surface area (Å²) in [5, 5.41) is 3.85. The second-order valence-corrected chi connectivity index (χ2v) is 6.77. The highest BCUT2D eigenvalue weighted by atomic mass is 35.5. The Morgan fingerprint density at radius 3 is 2.80 bits per heavy atom. The van der Waals surface area contributed by atoms with Crippen LogP contribution in [-0.2, 0) is 11.2 Å². The number of rotatable bonds is 3. The molecule has 1 atom stereocenters. The molecule has 0 spiro atoms. The maximum atomic E-state index is 12.7. The number of anilines is 3. The average Bonchev–Trinajstić information content (AvgIpc) is 2.57. The molecule has 3 N–H and O–H groups in total. The third kappa shape index (κ3) is 4.14. The largest absolute Gasteiger partial charge is 0.398 e. The maximum absolute atomic E-state index is 12.7. The first-order chi connectivity index (χ1) is 11.5. The van der Waals surface area contributed by atoms with Crippen LogP contribution in [-0.4, -0.2) is 18.5 Å². The van der Waals surface area contributed by atoms with Crippen molar-refractivity contribution in [2.45, 2.75) is 25.8 Å². The molecule has 134 valence electrons. The lowest BCUT2D eigenvalue weighted by Crippen LogP contribution is -2.44. The van der Waals surface area contributed by atoms with Crippen LogP contribution in [0.4, 0.5) is 17.1 Å². The number of hydrogen-bond donors (Lipinski definition) is 2. The number of benzene rings is 2. The fraction of sp³-hybridized carbons (Fsp3) is 0.278. The molecule has 1 unspecified atom stereocenters. The van der Waals surface area contributed by atoms with E-state index in [1.165, 1.54) is 0 Å². The topological polar surface area (TPSA) is 58.4 Å². The predicted octanol–water partition coefficient (Wildman–Crippen LogP) is 4.78. The van der Waals surface area contributed by atoms with Gasteiger partial charge in [0, 0.05) is 22.9 Å². The number of nitrogen functional groups attached to an aromatic ring is 1. The highest BCUT2D eigenvalue weighted by Crippen LogP contribution is 2.33. The number of hydrogen-bond acceptors (Lipinski definition) is 3. The van der Waals surface area contributed by atoms with Crippen LogP contribution in [0.3, 0.4) is 0 Å². The van der Waals surface area contributed by atoms with Crippen molar-refractivity contribution in [1.29, 1.82) is 0 Å². The van der Waals surface area contributed by atoms with E-state index in [1.54, 1.807) is 18.2 Å². The van der Waals surface area contributed by atoms with Gasteiger partial charge in [-0.15, -0.1) is 12.4 Å². The van der Waals surface area contributed by atoms with Gasteiger partial charge in [0.1, 0.15) is 6.04 Å². The van der Waals surface area contributed by atoms with Crippen molar-refractivity contribution in [1.82, 2.24) is 0 Å². The molecule has 0 radical (unpaired) electrons. The molecule has 1 aliphatic heterocycles. The van der Waals surface area contributed by atoms with Gasteiger partial charge in [0.2, 0.25) is 5.91 Å². The average molecular weight is 401 g/mol. The number of nitrogens with two attached hydrogens (primary N) is 1. The number of carbonyl (C=O) groups excluding carboxylic acids is 1. The highest BCUT2D eigenvalue weighted by molar-refractivity contribution is 6.35. The van der Waals surface area contributed by atoms with Crippen LogP contribution in [0.1, 0.15) is 18.9 Å². The minimum Gasteiger partial charge on any atom is -0.398 e. The molecule has 0 aliphatic carbocycles. The number of nitrogens with one attached hydrogen (secondary N) is 1. The Morgan fingerprint density at radius 2 is 2.04 bits per heavy atom. The molecule has 2 aromatic rings. The smallest absolute Gasteiger partial charge is 0.246 e. The van der Waals surface area contributed by atoms with Crippen LogP contribution < -0.4 is 16.0 Å². The van der Waals surface area contributed by atoms with Crippen LogP contribution in [0.25, 0.3) is 0 Å². The van der Waals surface area contributed by atoms with Gasteiger partial charge < -0.3 is 16.0 Å². The van der Waals surface area contributed by atoms with Crippen LogP contribution in [0, 0.1) is 0 Å². The fourth-order valence-corrected chi connectivity index (χ4v) is 3.39. The van der Waals surface area contributed by atoms with Crippen molar-refractivity contribution in [3.05, 3.63) is 52.0 Å². The number of nitrogens with zero attached hydrogens (tertiary/aromatic N) is 1. The van der Waals surface area contributed by atoms with E-state index in [9.17, 15) is 4.79 Å². The monoisotopic (exact) mass is 399 g/mol. The third-order valence-corrected chi connectivity index (χ3v) is 4.92. The maximum Gasteiger partial charge on any atom is 0.246 e. The van der Waals surface area contributed by atoms with Gasteiger partial charge in [0.05, 0.1) is 10.7 Å². The van der Waals surface area contributed by atoms with E-state index < -0.39 is 0 Å². The van der Waals surface area contributed by atoms with E-state index in [1.807, 2.05) is 25.1 Å². The Morgan fingerprint density at radius 1 is 1.28 bits per heavy atom. The van der Waals surface area contributed by atoms with Gasteiger partial charge in [-0.25, -0.2) is 0 Å². The summed E-state index contributed by atoms with van der Waals surface area (Å²) in [6, 6.07) is 10.5. The summed E-state index contributed by atoms with van der Waals surface area (Å²) in [6.45, 7) is 2.69. The zero-order chi connectivity index (χ0) is 17.3. The van der Waals surface area contributed by atoms with Crippen molar-refractivity contribution in [3.8, 4) is 0 Å². The third-order valence-electron chi connectivity index (χ3n) is 4.36. The molecule has 3 rings (SSSR count). The second-order valence-electron chi connectivity index (χ2n) is 5.93. The molecule has 7 heteroatoms. The van der Waals surface area contributed by atoms with E-state index in [0.717, 1.165) is 36.3 Å². The molecule has 1 heterocycles. The Bertz CT molecular complexity index is 782. The van der Waals surface area contributed by atoms with E-state index in [-0.39, 0.29) is 24.4 Å². The molecule has 0 fully saturated rings. The molecule has 2 aromatic carbocycles. The van der Waals surface area contributed by atoms with Crippen LogP contribution in [0.2, 0.25) is 10.0 Å². The van der Waals surface area contributed by atoms with Gasteiger partial charge >= 0.3 is 0 Å². The zero-order valence-corrected chi connectivity index (χ0v) is 16.1. The van der Waals surface area contributed by atoms with Gasteiger partial charge in [-0.3, -0.25) is 4.79 Å². The van der Waals surface area contributed by atoms with Crippen molar-refractivity contribution in [2.24, 2.45) is 0 Å². The second kappa shape index (κ2) is 8.17. The Labute approximate surface area is 163 Å². The predicted molar refractivity (Wildman–Crippen MR) is 108 cm³/mol. The summed E-state index contributed by atoms with van der Waals surface area (Å²) in [5.41, 5.74) is 9.52. The van der Waals surface area contributed by atoms with Crippen molar-refractivity contribution in [3.63, 3.8) is 0 Å². The van der Waals surface area contributed by atoms with Crippen LogP contribution >= 0.6 is 35.6 Å². The number of amides is 1. The lowest BCUT2D eigenvalue weighted by molar-refractivity contribution is -0.117. The first-order valence-corrected chi connectivity index (χ1v) is 8.63. The summed E-state index contributed by atoms with van der Waals surface area (Å²) >= 11 is 12.1. The molecule has 1 amide bonds. The molecular weight excluding hydrogens is 381 g/mol. The standard InChI is InChI=1S/C18H19Cl2N3O.ClH/c1-11(18(24)22-16-10-12(19)7-8-14(16)20)23-9-3-4-13-15(21)5-2-6-17(13)23;/h2,5-8,10-11H,3-4,9,21H2,1H3,(H,22,24);1H. The van der Waals surface area contributed by atoms with Gasteiger partial charge in [-0.1, -0.05) is 29.3 Å². The fourth-order valence-electron chi connectivity index (χ4n) is 3.05. The van der Waals surface area contributed by atoms with Gasteiger partial charge in [-0.05, 0) is 55.7 Å². The first-order valence-electron chi connectivity index (χ1n) is 7.87. The van der Waals surface area contributed by atoms with Gasteiger partial charge in [0.15, 0.2) is 0 Å². The first kappa shape index (κ1) is 19.7. The van der Waals surface area contributed by atoms with Gasteiger partial charge in [-0.2, -0.15) is 0 Å². The van der Waals surface area contributed by atoms with Crippen LogP contribution in [0.15, 0.2) is 36.4 Å². The summed E-state index contributed by atoms with van der Waals surface area (Å²) < 4.78 is 0. The summed E-state index contributed by atoms with van der Waals surface area (Å²) in [7, 11) is 0. The quantitative estimate of drug-likeness (QED) is 0.729. The Balaban J connectivity index is 0.00000225. The molecule has 0 aromatic heterocycles. The molecule has 4 nitrogen and oxygen atoms in total. The molecule has 0 bridgehead atoms. The number of fused-ring (bicyclic) bond motifs is 1. The Hall–Kier alpha value is -1.62.